The van der Waals surface area contributed by atoms with E-state index in [4.69, 9.17) is 28.9 Å². The summed E-state index contributed by atoms with van der Waals surface area (Å²) in [7, 11) is 0. The first kappa shape index (κ1) is 23.1. The van der Waals surface area contributed by atoms with E-state index in [2.05, 4.69) is 36.5 Å². The number of anilines is 1. The van der Waals surface area contributed by atoms with E-state index in [0.717, 1.165) is 26.6 Å². The maximum absolute atomic E-state index is 12.5. The van der Waals surface area contributed by atoms with E-state index in [1.807, 2.05) is 25.1 Å². The number of guanidine groups is 1. The van der Waals surface area contributed by atoms with Crippen molar-refractivity contribution >= 4 is 73.5 Å². The second-order valence-corrected chi connectivity index (χ2v) is 8.69. The van der Waals surface area contributed by atoms with E-state index in [1.165, 1.54) is 6.92 Å². The SMILES string of the molecule is CC(=O)Nc1c(Cl)cc(CN=C(N)NC(=O)Cc2c(C)[nH]c3ccc(Br)cc23)cc1Cl. The lowest BCUT2D eigenvalue weighted by molar-refractivity contribution is -0.119. The third kappa shape index (κ3) is 5.78. The molecule has 162 valence electrons. The van der Waals surface area contributed by atoms with Crippen molar-refractivity contribution in [3.05, 3.63) is 61.7 Å². The maximum Gasteiger partial charge on any atom is 0.231 e. The van der Waals surface area contributed by atoms with Crippen LogP contribution in [-0.2, 0) is 22.6 Å². The highest BCUT2D eigenvalue weighted by Crippen LogP contribution is 2.32. The number of halogens is 3. The molecule has 10 heteroatoms. The van der Waals surface area contributed by atoms with Gasteiger partial charge in [-0.15, -0.1) is 0 Å². The number of fused-ring (bicyclic) bond motifs is 1. The Labute approximate surface area is 197 Å². The van der Waals surface area contributed by atoms with Gasteiger partial charge in [0.15, 0.2) is 5.96 Å². The number of nitrogens with zero attached hydrogens (tertiary/aromatic N) is 1. The Hall–Kier alpha value is -2.55. The van der Waals surface area contributed by atoms with Crippen LogP contribution in [-0.4, -0.2) is 22.8 Å². The highest BCUT2D eigenvalue weighted by atomic mass is 79.9. The lowest BCUT2D eigenvalue weighted by atomic mass is 10.1. The topological polar surface area (TPSA) is 112 Å². The number of aromatic amines is 1. The zero-order valence-corrected chi connectivity index (χ0v) is 19.9. The first-order valence-corrected chi connectivity index (χ1v) is 10.8. The molecule has 0 aliphatic carbocycles. The molecule has 0 saturated carbocycles. The maximum atomic E-state index is 12.5. The van der Waals surface area contributed by atoms with E-state index < -0.39 is 0 Å². The second kappa shape index (κ2) is 9.72. The van der Waals surface area contributed by atoms with Crippen LogP contribution in [0.4, 0.5) is 5.69 Å². The number of carbonyl (C=O) groups is 2. The van der Waals surface area contributed by atoms with Gasteiger partial charge in [-0.3, -0.25) is 14.9 Å². The summed E-state index contributed by atoms with van der Waals surface area (Å²) < 4.78 is 0.934. The summed E-state index contributed by atoms with van der Waals surface area (Å²) >= 11 is 15.8. The molecule has 31 heavy (non-hydrogen) atoms. The number of amides is 2. The van der Waals surface area contributed by atoms with Gasteiger partial charge >= 0.3 is 0 Å². The van der Waals surface area contributed by atoms with E-state index >= 15 is 0 Å². The Kier molecular flexibility index (Phi) is 7.25. The van der Waals surface area contributed by atoms with Crippen LogP contribution in [0.2, 0.25) is 10.0 Å². The summed E-state index contributed by atoms with van der Waals surface area (Å²) in [5.41, 5.74) is 9.67. The summed E-state index contributed by atoms with van der Waals surface area (Å²) in [5, 5.41) is 6.73. The molecule has 0 atom stereocenters. The number of hydrogen-bond acceptors (Lipinski definition) is 3. The number of nitrogens with one attached hydrogen (secondary N) is 3. The first-order chi connectivity index (χ1) is 14.6. The van der Waals surface area contributed by atoms with Gasteiger partial charge in [0.1, 0.15) is 0 Å². The molecule has 3 aromatic rings. The normalized spacial score (nSPS) is 11.6. The van der Waals surface area contributed by atoms with Gasteiger partial charge in [-0.2, -0.15) is 0 Å². The minimum Gasteiger partial charge on any atom is -0.370 e. The lowest BCUT2D eigenvalue weighted by Crippen LogP contribution is -2.37. The molecule has 1 heterocycles. The van der Waals surface area contributed by atoms with Crippen LogP contribution < -0.4 is 16.4 Å². The monoisotopic (exact) mass is 523 g/mol. The third-order valence-corrected chi connectivity index (χ3v) is 5.61. The Morgan fingerprint density at radius 1 is 1.19 bits per heavy atom. The number of aryl methyl sites for hydroxylation is 1. The molecule has 7 nitrogen and oxygen atoms in total. The Bertz CT molecular complexity index is 1180. The number of aromatic nitrogens is 1. The fourth-order valence-corrected chi connectivity index (χ4v) is 4.15. The average Bonchev–Trinajstić information content (AvgIpc) is 2.97. The number of aliphatic imine (C=N–C) groups is 1. The van der Waals surface area contributed by atoms with Crippen molar-refractivity contribution in [2.75, 3.05) is 5.32 Å². The highest BCUT2D eigenvalue weighted by Gasteiger charge is 2.14. The molecule has 0 aliphatic heterocycles. The number of nitrogens with two attached hydrogens (primary N) is 1. The minimum absolute atomic E-state index is 0.0122. The minimum atomic E-state index is -0.278. The van der Waals surface area contributed by atoms with Crippen molar-refractivity contribution in [1.29, 1.82) is 0 Å². The zero-order chi connectivity index (χ0) is 22.7. The summed E-state index contributed by atoms with van der Waals surface area (Å²) in [6, 6.07) is 9.12. The van der Waals surface area contributed by atoms with Crippen LogP contribution in [0.15, 0.2) is 39.8 Å². The number of rotatable bonds is 5. The van der Waals surface area contributed by atoms with Gasteiger partial charge in [0.25, 0.3) is 0 Å². The number of H-pyrrole nitrogens is 1. The predicted molar refractivity (Wildman–Crippen MR) is 129 cm³/mol. The summed E-state index contributed by atoms with van der Waals surface area (Å²) in [6.45, 7) is 3.45. The molecular formula is C21H20BrCl2N5O2. The molecule has 2 amide bonds. The smallest absolute Gasteiger partial charge is 0.231 e. The van der Waals surface area contributed by atoms with E-state index in [0.29, 0.717) is 11.3 Å². The lowest BCUT2D eigenvalue weighted by Gasteiger charge is -2.10. The van der Waals surface area contributed by atoms with Crippen molar-refractivity contribution in [1.82, 2.24) is 10.3 Å². The van der Waals surface area contributed by atoms with E-state index in [9.17, 15) is 9.59 Å². The largest absolute Gasteiger partial charge is 0.370 e. The van der Waals surface area contributed by atoms with E-state index in [-0.39, 0.29) is 40.8 Å². The van der Waals surface area contributed by atoms with Crippen LogP contribution in [0.1, 0.15) is 23.7 Å². The Morgan fingerprint density at radius 2 is 1.87 bits per heavy atom. The van der Waals surface area contributed by atoms with Crippen molar-refractivity contribution < 1.29 is 9.59 Å². The summed E-state index contributed by atoms with van der Waals surface area (Å²) in [4.78, 5) is 31.2. The molecule has 0 bridgehead atoms. The molecule has 0 unspecified atom stereocenters. The van der Waals surface area contributed by atoms with Gasteiger partial charge < -0.3 is 16.0 Å². The molecule has 2 aromatic carbocycles. The molecule has 5 N–H and O–H groups in total. The second-order valence-electron chi connectivity index (χ2n) is 6.96. The fraction of sp³-hybridized carbons (Fsp3) is 0.190. The predicted octanol–water partition coefficient (Wildman–Crippen LogP) is 4.68. The van der Waals surface area contributed by atoms with Gasteiger partial charge in [-0.05, 0) is 48.4 Å². The number of benzene rings is 2. The number of carbonyl (C=O) groups excluding carboxylic acids is 2. The van der Waals surface area contributed by atoms with Crippen molar-refractivity contribution in [3.8, 4) is 0 Å². The Morgan fingerprint density at radius 3 is 2.52 bits per heavy atom. The summed E-state index contributed by atoms with van der Waals surface area (Å²) in [6.07, 6.45) is 0.154. The molecule has 0 radical (unpaired) electrons. The van der Waals surface area contributed by atoms with Crippen molar-refractivity contribution in [3.63, 3.8) is 0 Å². The number of hydrogen-bond donors (Lipinski definition) is 4. The third-order valence-electron chi connectivity index (χ3n) is 4.52. The molecular weight excluding hydrogens is 505 g/mol. The van der Waals surface area contributed by atoms with Gasteiger partial charge in [0.2, 0.25) is 11.8 Å². The zero-order valence-electron chi connectivity index (χ0n) is 16.8. The summed E-state index contributed by atoms with van der Waals surface area (Å²) in [5.74, 6) is -0.566. The van der Waals surface area contributed by atoms with Crippen LogP contribution in [0.3, 0.4) is 0 Å². The molecule has 0 aliphatic rings. The van der Waals surface area contributed by atoms with Crippen LogP contribution in [0.25, 0.3) is 10.9 Å². The van der Waals surface area contributed by atoms with Gasteiger partial charge in [0.05, 0.1) is 28.7 Å². The Balaban J connectivity index is 1.67. The van der Waals surface area contributed by atoms with Crippen molar-refractivity contribution in [2.45, 2.75) is 26.8 Å². The molecule has 0 spiro atoms. The van der Waals surface area contributed by atoms with Gasteiger partial charge in [-0.25, -0.2) is 4.99 Å². The fourth-order valence-electron chi connectivity index (χ4n) is 3.16. The van der Waals surface area contributed by atoms with Gasteiger partial charge in [-0.1, -0.05) is 39.1 Å². The molecule has 0 fully saturated rings. The average molecular weight is 525 g/mol. The van der Waals surface area contributed by atoms with Crippen LogP contribution in [0.5, 0.6) is 0 Å². The van der Waals surface area contributed by atoms with Gasteiger partial charge in [0, 0.05) is 28.0 Å². The van der Waals surface area contributed by atoms with Crippen LogP contribution in [0, 0.1) is 6.92 Å². The quantitative estimate of drug-likeness (QED) is 0.287. The highest BCUT2D eigenvalue weighted by molar-refractivity contribution is 9.10. The van der Waals surface area contributed by atoms with E-state index in [1.54, 1.807) is 12.1 Å². The molecule has 1 aromatic heterocycles. The molecule has 3 rings (SSSR count). The van der Waals surface area contributed by atoms with Crippen molar-refractivity contribution in [2.24, 2.45) is 10.7 Å². The standard InChI is InChI=1S/C21H20BrCl2N5O2/c1-10-14(15-7-13(22)3-4-18(15)27-10)8-19(31)29-21(25)26-9-12-5-16(23)20(17(24)6-12)28-11(2)30/h3-7,27H,8-9H2,1-2H3,(H,28,30)(H3,25,26,29,31). The van der Waals surface area contributed by atoms with Crippen LogP contribution >= 0.6 is 39.1 Å². The first-order valence-electron chi connectivity index (χ1n) is 9.26. The molecule has 0 saturated heterocycles.